The second-order valence-corrected chi connectivity index (χ2v) is 8.64. The minimum absolute atomic E-state index is 0.0939. The van der Waals surface area contributed by atoms with Crippen LogP contribution in [0.5, 0.6) is 5.75 Å². The first kappa shape index (κ1) is 20.8. The molecule has 0 aliphatic heterocycles. The van der Waals surface area contributed by atoms with E-state index in [1.54, 1.807) is 55.6 Å². The van der Waals surface area contributed by atoms with Gasteiger partial charge in [-0.15, -0.1) is 0 Å². The van der Waals surface area contributed by atoms with E-state index in [0.717, 1.165) is 4.47 Å². The maximum Gasteiger partial charge on any atom is 0.265 e. The fraction of sp³-hybridized carbons (Fsp3) is 0.100. The second kappa shape index (κ2) is 8.62. The van der Waals surface area contributed by atoms with Gasteiger partial charge in [0, 0.05) is 27.7 Å². The zero-order valence-corrected chi connectivity index (χ0v) is 18.0. The number of sulfonamides is 1. The summed E-state index contributed by atoms with van der Waals surface area (Å²) in [7, 11) is -2.57. The number of carbonyl (C=O) groups is 1. The summed E-state index contributed by atoms with van der Waals surface area (Å²) in [6, 6.07) is 14.4. The van der Waals surface area contributed by atoms with Crippen LogP contribution in [0.1, 0.15) is 16.1 Å². The number of aryl methyl sites for hydroxylation is 1. The van der Waals surface area contributed by atoms with E-state index in [-0.39, 0.29) is 16.6 Å². The van der Waals surface area contributed by atoms with Crippen molar-refractivity contribution in [3.8, 4) is 5.75 Å². The predicted octanol–water partition coefficient (Wildman–Crippen LogP) is 4.21. The molecule has 1 heterocycles. The molecule has 150 valence electrons. The average molecular weight is 476 g/mol. The molecular formula is C20H18BrN3O4S. The van der Waals surface area contributed by atoms with E-state index in [9.17, 15) is 13.2 Å². The maximum atomic E-state index is 12.9. The van der Waals surface area contributed by atoms with Crippen LogP contribution in [0, 0.1) is 6.92 Å². The number of benzene rings is 2. The van der Waals surface area contributed by atoms with E-state index >= 15 is 0 Å². The summed E-state index contributed by atoms with van der Waals surface area (Å²) in [5, 5.41) is 2.70. The lowest BCUT2D eigenvalue weighted by molar-refractivity contribution is 0.102. The van der Waals surface area contributed by atoms with Gasteiger partial charge < -0.3 is 10.1 Å². The minimum atomic E-state index is -3.95. The van der Waals surface area contributed by atoms with Crippen LogP contribution in [0.3, 0.4) is 0 Å². The van der Waals surface area contributed by atoms with Gasteiger partial charge in [0.2, 0.25) is 0 Å². The zero-order valence-electron chi connectivity index (χ0n) is 15.6. The van der Waals surface area contributed by atoms with Gasteiger partial charge >= 0.3 is 0 Å². The van der Waals surface area contributed by atoms with Crippen LogP contribution < -0.4 is 14.8 Å². The Morgan fingerprint density at radius 3 is 2.41 bits per heavy atom. The Kier molecular flexibility index (Phi) is 6.19. The molecule has 3 aromatic rings. The Labute approximate surface area is 177 Å². The minimum Gasteiger partial charge on any atom is -0.495 e. The summed E-state index contributed by atoms with van der Waals surface area (Å²) in [5.41, 5.74) is 1.69. The molecule has 0 radical (unpaired) electrons. The van der Waals surface area contributed by atoms with E-state index in [1.807, 2.05) is 0 Å². The van der Waals surface area contributed by atoms with Gasteiger partial charge in [-0.2, -0.15) is 0 Å². The third-order valence-electron chi connectivity index (χ3n) is 4.06. The number of halogens is 1. The molecule has 0 saturated heterocycles. The smallest absolute Gasteiger partial charge is 0.265 e. The standard InChI is InChI=1S/C20H18BrN3O4S/c1-13-17(4-3-11-22-13)20(25)23-16-9-10-18(28-2)19(12-16)29(26,27)24-15-7-5-14(21)6-8-15/h3-12,24H,1-2H3,(H,23,25). The predicted molar refractivity (Wildman–Crippen MR) is 115 cm³/mol. The van der Waals surface area contributed by atoms with Crippen LogP contribution in [0.2, 0.25) is 0 Å². The topological polar surface area (TPSA) is 97.4 Å². The van der Waals surface area contributed by atoms with Crippen molar-refractivity contribution in [2.75, 3.05) is 17.1 Å². The Morgan fingerprint density at radius 1 is 1.07 bits per heavy atom. The van der Waals surface area contributed by atoms with E-state index in [1.165, 1.54) is 19.2 Å². The molecule has 0 aliphatic rings. The van der Waals surface area contributed by atoms with E-state index in [2.05, 4.69) is 31.0 Å². The number of aromatic nitrogens is 1. The number of hydrogen-bond acceptors (Lipinski definition) is 5. The summed E-state index contributed by atoms with van der Waals surface area (Å²) >= 11 is 3.31. The largest absolute Gasteiger partial charge is 0.495 e. The van der Waals surface area contributed by atoms with Crippen LogP contribution in [0.25, 0.3) is 0 Å². The molecule has 1 amide bonds. The number of methoxy groups -OCH3 is 1. The third-order valence-corrected chi connectivity index (χ3v) is 5.99. The second-order valence-electron chi connectivity index (χ2n) is 6.07. The van der Waals surface area contributed by atoms with Crippen LogP contribution in [-0.2, 0) is 10.0 Å². The van der Waals surface area contributed by atoms with Crippen LogP contribution >= 0.6 is 15.9 Å². The molecule has 3 rings (SSSR count). The van der Waals surface area contributed by atoms with Crippen molar-refractivity contribution in [1.82, 2.24) is 4.98 Å². The normalized spacial score (nSPS) is 11.0. The molecule has 0 aliphatic carbocycles. The molecule has 0 saturated carbocycles. The summed E-state index contributed by atoms with van der Waals surface area (Å²) < 4.78 is 34.3. The molecule has 7 nitrogen and oxygen atoms in total. The molecular weight excluding hydrogens is 458 g/mol. The van der Waals surface area contributed by atoms with Crippen molar-refractivity contribution in [2.24, 2.45) is 0 Å². The summed E-state index contributed by atoms with van der Waals surface area (Å²) in [5.74, 6) is -0.227. The molecule has 1 aromatic heterocycles. The number of nitrogens with one attached hydrogen (secondary N) is 2. The molecule has 2 aromatic carbocycles. The number of anilines is 2. The molecule has 9 heteroatoms. The molecule has 29 heavy (non-hydrogen) atoms. The number of amides is 1. The SMILES string of the molecule is COc1ccc(NC(=O)c2cccnc2C)cc1S(=O)(=O)Nc1ccc(Br)cc1. The number of nitrogens with zero attached hydrogens (tertiary/aromatic N) is 1. The first-order valence-electron chi connectivity index (χ1n) is 8.49. The highest BCUT2D eigenvalue weighted by atomic mass is 79.9. The first-order valence-corrected chi connectivity index (χ1v) is 10.8. The van der Waals surface area contributed by atoms with E-state index in [4.69, 9.17) is 4.74 Å². The number of ether oxygens (including phenoxy) is 1. The van der Waals surface area contributed by atoms with Crippen molar-refractivity contribution in [2.45, 2.75) is 11.8 Å². The molecule has 0 fully saturated rings. The van der Waals surface area contributed by atoms with Gasteiger partial charge in [0.25, 0.3) is 15.9 Å². The average Bonchev–Trinajstić information content (AvgIpc) is 2.70. The molecule has 0 atom stereocenters. The molecule has 0 bridgehead atoms. The monoisotopic (exact) mass is 475 g/mol. The Morgan fingerprint density at radius 2 is 1.76 bits per heavy atom. The highest BCUT2D eigenvalue weighted by molar-refractivity contribution is 9.10. The highest BCUT2D eigenvalue weighted by Crippen LogP contribution is 2.29. The Hall–Kier alpha value is -2.91. The first-order chi connectivity index (χ1) is 13.8. The van der Waals surface area contributed by atoms with Crippen molar-refractivity contribution in [1.29, 1.82) is 0 Å². The summed E-state index contributed by atoms with van der Waals surface area (Å²) in [6.07, 6.45) is 1.60. The number of carbonyl (C=O) groups excluding carboxylic acids is 1. The van der Waals surface area contributed by atoms with Crippen molar-refractivity contribution in [3.05, 3.63) is 76.5 Å². The van der Waals surface area contributed by atoms with Gasteiger partial charge in [0.05, 0.1) is 12.7 Å². The van der Waals surface area contributed by atoms with Gasteiger partial charge in [0.15, 0.2) is 0 Å². The van der Waals surface area contributed by atoms with Crippen LogP contribution in [-0.4, -0.2) is 26.4 Å². The van der Waals surface area contributed by atoms with Crippen molar-refractivity contribution < 1.29 is 17.9 Å². The van der Waals surface area contributed by atoms with Gasteiger partial charge in [-0.3, -0.25) is 14.5 Å². The van der Waals surface area contributed by atoms with Crippen LogP contribution in [0.15, 0.2) is 70.2 Å². The molecule has 2 N–H and O–H groups in total. The van der Waals surface area contributed by atoms with Crippen molar-refractivity contribution >= 4 is 43.2 Å². The number of pyridine rings is 1. The molecule has 0 spiro atoms. The van der Waals surface area contributed by atoms with E-state index < -0.39 is 10.0 Å². The zero-order chi connectivity index (χ0) is 21.0. The summed E-state index contributed by atoms with van der Waals surface area (Å²) in [6.45, 7) is 1.72. The molecule has 0 unspecified atom stereocenters. The summed E-state index contributed by atoms with van der Waals surface area (Å²) in [4.78, 5) is 16.5. The quantitative estimate of drug-likeness (QED) is 0.556. The maximum absolute atomic E-state index is 12.9. The highest BCUT2D eigenvalue weighted by Gasteiger charge is 2.21. The van der Waals surface area contributed by atoms with Crippen molar-refractivity contribution in [3.63, 3.8) is 0 Å². The number of rotatable bonds is 6. The van der Waals surface area contributed by atoms with Crippen LogP contribution in [0.4, 0.5) is 11.4 Å². The van der Waals surface area contributed by atoms with Gasteiger partial charge in [0.1, 0.15) is 10.6 Å². The van der Waals surface area contributed by atoms with E-state index in [0.29, 0.717) is 22.6 Å². The van der Waals surface area contributed by atoms with Gasteiger partial charge in [-0.05, 0) is 61.5 Å². The third kappa shape index (κ3) is 4.93. The Bertz CT molecular complexity index is 1150. The fourth-order valence-electron chi connectivity index (χ4n) is 2.62. The fourth-order valence-corrected chi connectivity index (χ4v) is 4.13. The lowest BCUT2D eigenvalue weighted by atomic mass is 10.2. The lowest BCUT2D eigenvalue weighted by Gasteiger charge is -2.14. The Balaban J connectivity index is 1.91. The van der Waals surface area contributed by atoms with Gasteiger partial charge in [-0.1, -0.05) is 15.9 Å². The lowest BCUT2D eigenvalue weighted by Crippen LogP contribution is -2.16. The van der Waals surface area contributed by atoms with Gasteiger partial charge in [-0.25, -0.2) is 8.42 Å². The number of hydrogen-bond donors (Lipinski definition) is 2.